The molecular formula is C14H27NO4. The molecule has 0 spiro atoms. The molecule has 0 aliphatic carbocycles. The Kier molecular flexibility index (Phi) is 4.85. The average molecular weight is 273 g/mol. The predicted octanol–water partition coefficient (Wildman–Crippen LogP) is 2.52. The van der Waals surface area contributed by atoms with Gasteiger partial charge in [-0.1, -0.05) is 6.92 Å². The highest BCUT2D eigenvalue weighted by Crippen LogP contribution is 2.36. The van der Waals surface area contributed by atoms with E-state index < -0.39 is 11.3 Å². The van der Waals surface area contributed by atoms with Crippen LogP contribution in [0.25, 0.3) is 0 Å². The maximum atomic E-state index is 12.4. The monoisotopic (exact) mass is 273 g/mol. The Balaban J connectivity index is 2.95. The largest absolute Gasteiger partial charge is 0.444 e. The first-order valence-electron chi connectivity index (χ1n) is 6.93. The topological polar surface area (TPSA) is 59.0 Å². The molecule has 1 fully saturated rings. The van der Waals surface area contributed by atoms with Crippen LogP contribution in [-0.4, -0.2) is 46.2 Å². The molecule has 0 aromatic rings. The highest BCUT2D eigenvalue weighted by molar-refractivity contribution is 5.70. The third-order valence-electron chi connectivity index (χ3n) is 3.20. The van der Waals surface area contributed by atoms with Crippen LogP contribution in [-0.2, 0) is 9.47 Å². The van der Waals surface area contributed by atoms with Gasteiger partial charge >= 0.3 is 6.09 Å². The summed E-state index contributed by atoms with van der Waals surface area (Å²) in [6, 6.07) is -0.139. The molecule has 112 valence electrons. The van der Waals surface area contributed by atoms with Crippen molar-refractivity contribution < 1.29 is 19.4 Å². The minimum Gasteiger partial charge on any atom is -0.444 e. The lowest BCUT2D eigenvalue weighted by Crippen LogP contribution is -2.50. The summed E-state index contributed by atoms with van der Waals surface area (Å²) < 4.78 is 11.4. The van der Waals surface area contributed by atoms with Gasteiger partial charge in [-0.3, -0.25) is 4.90 Å². The minimum atomic E-state index is -0.706. The van der Waals surface area contributed by atoms with Crippen LogP contribution < -0.4 is 0 Å². The summed E-state index contributed by atoms with van der Waals surface area (Å²) in [6.07, 6.45) is 0.857. The molecule has 0 unspecified atom stereocenters. The summed E-state index contributed by atoms with van der Waals surface area (Å²) >= 11 is 0. The molecule has 0 bridgehead atoms. The van der Waals surface area contributed by atoms with Crippen molar-refractivity contribution in [2.75, 3.05) is 6.61 Å². The molecule has 1 N–H and O–H groups in total. The first kappa shape index (κ1) is 16.2. The van der Waals surface area contributed by atoms with E-state index in [0.717, 1.165) is 6.42 Å². The fourth-order valence-electron chi connectivity index (χ4n) is 2.54. The SMILES string of the molecule is CC[C@@H]1OC(C)(C)N(C(=O)OC(C)(C)C)[C@H]1CCO. The van der Waals surface area contributed by atoms with Gasteiger partial charge in [-0.05, 0) is 47.5 Å². The minimum absolute atomic E-state index is 0.0277. The zero-order valence-corrected chi connectivity index (χ0v) is 12.9. The lowest BCUT2D eigenvalue weighted by Gasteiger charge is -2.35. The normalized spacial score (nSPS) is 26.6. The van der Waals surface area contributed by atoms with Crippen molar-refractivity contribution in [3.63, 3.8) is 0 Å². The summed E-state index contributed by atoms with van der Waals surface area (Å²) in [4.78, 5) is 14.0. The van der Waals surface area contributed by atoms with Crippen LogP contribution in [0.4, 0.5) is 4.79 Å². The molecule has 0 aromatic carbocycles. The summed E-state index contributed by atoms with van der Waals surface area (Å²) in [7, 11) is 0. The zero-order chi connectivity index (χ0) is 14.8. The van der Waals surface area contributed by atoms with Gasteiger partial charge in [-0.25, -0.2) is 4.79 Å². The molecule has 2 atom stereocenters. The van der Waals surface area contributed by atoms with E-state index in [0.29, 0.717) is 6.42 Å². The van der Waals surface area contributed by atoms with E-state index in [9.17, 15) is 9.90 Å². The lowest BCUT2D eigenvalue weighted by molar-refractivity contribution is -0.0792. The molecule has 1 amide bonds. The van der Waals surface area contributed by atoms with Gasteiger partial charge in [0.15, 0.2) is 0 Å². The lowest BCUT2D eigenvalue weighted by atomic mass is 10.0. The number of amides is 1. The van der Waals surface area contributed by atoms with Gasteiger partial charge in [0.2, 0.25) is 0 Å². The Morgan fingerprint density at radius 3 is 2.42 bits per heavy atom. The number of carbonyl (C=O) groups is 1. The van der Waals surface area contributed by atoms with Crippen molar-refractivity contribution >= 4 is 6.09 Å². The Bertz CT molecular complexity index is 322. The molecule has 5 nitrogen and oxygen atoms in total. The number of rotatable bonds is 3. The third kappa shape index (κ3) is 3.83. The number of hydrogen-bond acceptors (Lipinski definition) is 4. The number of ether oxygens (including phenoxy) is 2. The maximum Gasteiger partial charge on any atom is 0.412 e. The van der Waals surface area contributed by atoms with Gasteiger partial charge < -0.3 is 14.6 Å². The van der Waals surface area contributed by atoms with Gasteiger partial charge in [-0.15, -0.1) is 0 Å². The zero-order valence-electron chi connectivity index (χ0n) is 12.9. The second-order valence-electron chi connectivity index (χ2n) is 6.44. The van der Waals surface area contributed by atoms with Crippen molar-refractivity contribution in [3.8, 4) is 0 Å². The molecule has 0 radical (unpaired) electrons. The van der Waals surface area contributed by atoms with E-state index in [1.54, 1.807) is 4.90 Å². The predicted molar refractivity (Wildman–Crippen MR) is 72.8 cm³/mol. The van der Waals surface area contributed by atoms with Crippen LogP contribution in [0, 0.1) is 0 Å². The molecule has 1 aliphatic heterocycles. The van der Waals surface area contributed by atoms with E-state index in [1.165, 1.54) is 0 Å². The summed E-state index contributed by atoms with van der Waals surface area (Å²) in [5.41, 5.74) is -1.25. The van der Waals surface area contributed by atoms with Crippen LogP contribution in [0.15, 0.2) is 0 Å². The van der Waals surface area contributed by atoms with Crippen molar-refractivity contribution in [1.82, 2.24) is 4.90 Å². The molecule has 1 rings (SSSR count). The number of hydrogen-bond donors (Lipinski definition) is 1. The summed E-state index contributed by atoms with van der Waals surface area (Å²) in [5.74, 6) is 0. The van der Waals surface area contributed by atoms with E-state index >= 15 is 0 Å². The van der Waals surface area contributed by atoms with Gasteiger partial charge in [0.25, 0.3) is 0 Å². The smallest absolute Gasteiger partial charge is 0.412 e. The van der Waals surface area contributed by atoms with Gasteiger partial charge in [-0.2, -0.15) is 0 Å². The standard InChI is InChI=1S/C14H27NO4/c1-7-11-10(8-9-16)15(14(5,6)18-11)12(17)19-13(2,3)4/h10-11,16H,7-9H2,1-6H3/t10-,11-/m0/s1. The Morgan fingerprint density at radius 2 is 2.00 bits per heavy atom. The second-order valence-corrected chi connectivity index (χ2v) is 6.44. The van der Waals surface area contributed by atoms with Gasteiger partial charge in [0, 0.05) is 6.61 Å². The Morgan fingerprint density at radius 1 is 1.42 bits per heavy atom. The molecule has 1 aliphatic rings. The van der Waals surface area contributed by atoms with E-state index in [2.05, 4.69) is 0 Å². The fourth-order valence-corrected chi connectivity index (χ4v) is 2.54. The summed E-state index contributed by atoms with van der Waals surface area (Å²) in [6.45, 7) is 11.3. The number of carbonyl (C=O) groups excluding carboxylic acids is 1. The van der Waals surface area contributed by atoms with Crippen LogP contribution in [0.3, 0.4) is 0 Å². The summed E-state index contributed by atoms with van der Waals surface area (Å²) in [5, 5.41) is 9.21. The number of aliphatic hydroxyl groups excluding tert-OH is 1. The van der Waals surface area contributed by atoms with E-state index in [-0.39, 0.29) is 24.8 Å². The van der Waals surface area contributed by atoms with Crippen LogP contribution in [0.1, 0.15) is 54.4 Å². The number of nitrogens with zero attached hydrogens (tertiary/aromatic N) is 1. The van der Waals surface area contributed by atoms with Crippen molar-refractivity contribution in [1.29, 1.82) is 0 Å². The molecule has 19 heavy (non-hydrogen) atoms. The number of aliphatic hydroxyl groups is 1. The fraction of sp³-hybridized carbons (Fsp3) is 0.929. The maximum absolute atomic E-state index is 12.4. The van der Waals surface area contributed by atoms with Crippen LogP contribution in [0.2, 0.25) is 0 Å². The third-order valence-corrected chi connectivity index (χ3v) is 3.20. The van der Waals surface area contributed by atoms with Crippen LogP contribution in [0.5, 0.6) is 0 Å². The molecule has 1 heterocycles. The highest BCUT2D eigenvalue weighted by Gasteiger charge is 2.50. The van der Waals surface area contributed by atoms with Crippen molar-refractivity contribution in [2.45, 2.75) is 77.9 Å². The quantitative estimate of drug-likeness (QED) is 0.858. The first-order valence-corrected chi connectivity index (χ1v) is 6.93. The Labute approximate surface area is 115 Å². The second kappa shape index (κ2) is 5.67. The van der Waals surface area contributed by atoms with Gasteiger partial charge in [0.1, 0.15) is 11.3 Å². The molecule has 0 saturated carbocycles. The first-order chi connectivity index (χ1) is 8.62. The van der Waals surface area contributed by atoms with Crippen molar-refractivity contribution in [3.05, 3.63) is 0 Å². The van der Waals surface area contributed by atoms with E-state index in [1.807, 2.05) is 41.5 Å². The van der Waals surface area contributed by atoms with Gasteiger partial charge in [0.05, 0.1) is 12.1 Å². The van der Waals surface area contributed by atoms with E-state index in [4.69, 9.17) is 9.47 Å². The molecule has 5 heteroatoms. The molecule has 0 aromatic heterocycles. The molecular weight excluding hydrogens is 246 g/mol. The molecule has 1 saturated heterocycles. The average Bonchev–Trinajstić information content (AvgIpc) is 2.47. The van der Waals surface area contributed by atoms with Crippen LogP contribution >= 0.6 is 0 Å². The Hall–Kier alpha value is -0.810. The van der Waals surface area contributed by atoms with Crippen molar-refractivity contribution in [2.24, 2.45) is 0 Å². The highest BCUT2D eigenvalue weighted by atomic mass is 16.6.